The zero-order valence-corrected chi connectivity index (χ0v) is 8.63. The number of nitrogens with one attached hydrogen (secondary N) is 1. The average Bonchev–Trinajstić information content (AvgIpc) is 2.20. The van der Waals surface area contributed by atoms with Crippen molar-refractivity contribution in [2.45, 2.75) is 19.0 Å². The number of rotatable bonds is 0. The van der Waals surface area contributed by atoms with E-state index in [2.05, 4.69) is 5.32 Å². The average molecular weight is 352 g/mol. The number of halogens is 2. The normalized spacial score (nSPS) is 25.4. The van der Waals surface area contributed by atoms with Crippen LogP contribution in [0.25, 0.3) is 0 Å². The Morgan fingerprint density at radius 1 is 1.56 bits per heavy atom. The van der Waals surface area contributed by atoms with Gasteiger partial charge in [0.2, 0.25) is 0 Å². The molecule has 0 bridgehead atoms. The molecule has 0 unspecified atom stereocenters. The van der Waals surface area contributed by atoms with Crippen LogP contribution in [0.3, 0.4) is 0 Å². The zero-order valence-electron chi connectivity index (χ0n) is 4.85. The maximum absolute atomic E-state index is 5.42. The maximum atomic E-state index is 5.42. The van der Waals surface area contributed by atoms with Crippen LogP contribution in [0.15, 0.2) is 0 Å². The van der Waals surface area contributed by atoms with Crippen LogP contribution in [0.4, 0.5) is 0 Å². The van der Waals surface area contributed by atoms with Crippen LogP contribution in [0.5, 0.6) is 0 Å². The molecule has 0 radical (unpaired) electrons. The Labute approximate surface area is 71.8 Å². The molecule has 1 heterocycles. The Hall–Kier alpha value is 1.19. The first-order valence-electron chi connectivity index (χ1n) is 2.62. The van der Waals surface area contributed by atoms with Gasteiger partial charge >= 0.3 is 35.3 Å². The van der Waals surface area contributed by atoms with E-state index in [0.717, 1.165) is 13.0 Å². The van der Waals surface area contributed by atoms with Crippen molar-refractivity contribution in [2.75, 3.05) is 6.54 Å². The van der Waals surface area contributed by atoms with Crippen LogP contribution in [0.1, 0.15) is 12.8 Å². The summed E-state index contributed by atoms with van der Waals surface area (Å²) in [4.78, 5) is 0. The molecule has 0 saturated carbocycles. The summed E-state index contributed by atoms with van der Waals surface area (Å²) in [5.41, 5.74) is 5.42. The Morgan fingerprint density at radius 3 is 2.22 bits per heavy atom. The minimum atomic E-state index is -0.472. The number of hydrogen-bond donors (Lipinski definition) is 2. The second-order valence-electron chi connectivity index (χ2n) is 1.75. The summed E-state index contributed by atoms with van der Waals surface area (Å²) in [6, 6.07) is 0. The molecular formula is C4H10Cl2N2Pt. The summed E-state index contributed by atoms with van der Waals surface area (Å²) in [6.07, 6.45) is 2.70. The molecule has 1 saturated heterocycles. The second-order valence-corrected chi connectivity index (χ2v) is 5.03. The monoisotopic (exact) mass is 351 g/mol. The van der Waals surface area contributed by atoms with E-state index in [-0.39, 0.29) is 0 Å². The molecular weight excluding hydrogens is 342 g/mol. The molecule has 1 aliphatic rings. The Bertz CT molecular complexity index is 58.5. The van der Waals surface area contributed by atoms with E-state index in [1.165, 1.54) is 6.42 Å². The molecule has 1 fully saturated rings. The van der Waals surface area contributed by atoms with Crippen molar-refractivity contribution < 1.29 is 16.5 Å². The topological polar surface area (TPSA) is 38.0 Å². The van der Waals surface area contributed by atoms with Gasteiger partial charge in [-0.05, 0) is 19.4 Å². The van der Waals surface area contributed by atoms with E-state index in [1.807, 2.05) is 0 Å². The third-order valence-electron chi connectivity index (χ3n) is 1.10. The van der Waals surface area contributed by atoms with Crippen LogP contribution < -0.4 is 11.1 Å². The van der Waals surface area contributed by atoms with E-state index in [4.69, 9.17) is 24.6 Å². The van der Waals surface area contributed by atoms with Gasteiger partial charge in [-0.1, -0.05) is 0 Å². The fourth-order valence-corrected chi connectivity index (χ4v) is 0.711. The summed E-state index contributed by atoms with van der Waals surface area (Å²) in [6.45, 7) is 1.11. The van der Waals surface area contributed by atoms with Crippen molar-refractivity contribution in [3.63, 3.8) is 0 Å². The Kier molecular flexibility index (Phi) is 8.26. The van der Waals surface area contributed by atoms with Crippen molar-refractivity contribution in [2.24, 2.45) is 5.73 Å². The fourth-order valence-electron chi connectivity index (χ4n) is 0.711. The third kappa shape index (κ3) is 7.08. The van der Waals surface area contributed by atoms with E-state index < -0.39 is 16.5 Å². The molecule has 3 N–H and O–H groups in total. The van der Waals surface area contributed by atoms with Gasteiger partial charge in [0.1, 0.15) is 0 Å². The molecule has 0 aromatic heterocycles. The third-order valence-corrected chi connectivity index (χ3v) is 1.10. The zero-order chi connectivity index (χ0) is 7.11. The molecule has 60 valence electrons. The fraction of sp³-hybridized carbons (Fsp3) is 1.00. The molecule has 0 aromatic carbocycles. The quantitative estimate of drug-likeness (QED) is 0.684. The van der Waals surface area contributed by atoms with Gasteiger partial charge in [0.15, 0.2) is 0 Å². The standard InChI is InChI=1S/C4H10N2.2ClH.Pt/c5-4-2-1-3-6-4;;;/h4,6H,1-3,5H2;2*1H;/q;;;+2/p-2/t4-;;;/m1.../s1. The molecule has 5 heteroatoms. The summed E-state index contributed by atoms with van der Waals surface area (Å²) in [5.74, 6) is 0. The van der Waals surface area contributed by atoms with E-state index in [9.17, 15) is 0 Å². The molecule has 1 rings (SSSR count). The molecule has 1 aliphatic heterocycles. The van der Waals surface area contributed by atoms with Crippen molar-refractivity contribution in [1.29, 1.82) is 0 Å². The van der Waals surface area contributed by atoms with Gasteiger partial charge in [0, 0.05) is 0 Å². The molecule has 0 aromatic rings. The molecule has 0 spiro atoms. The van der Waals surface area contributed by atoms with Gasteiger partial charge in [0.05, 0.1) is 6.17 Å². The van der Waals surface area contributed by atoms with Crippen molar-refractivity contribution >= 4 is 18.8 Å². The van der Waals surface area contributed by atoms with Gasteiger partial charge in [0.25, 0.3) is 0 Å². The predicted octanol–water partition coefficient (Wildman–Crippen LogP) is 1.03. The van der Waals surface area contributed by atoms with Gasteiger partial charge in [-0.3, -0.25) is 0 Å². The predicted molar refractivity (Wildman–Crippen MR) is 36.9 cm³/mol. The van der Waals surface area contributed by atoms with Crippen LogP contribution >= 0.6 is 18.8 Å². The molecule has 2 nitrogen and oxygen atoms in total. The van der Waals surface area contributed by atoms with E-state index in [0.29, 0.717) is 6.17 Å². The Balaban J connectivity index is 0.000000187. The summed E-state index contributed by atoms with van der Waals surface area (Å²) in [7, 11) is 9.75. The first-order valence-corrected chi connectivity index (χ1v) is 8.25. The summed E-state index contributed by atoms with van der Waals surface area (Å²) in [5, 5.41) is 3.10. The molecule has 9 heavy (non-hydrogen) atoms. The van der Waals surface area contributed by atoms with Crippen molar-refractivity contribution in [1.82, 2.24) is 5.32 Å². The van der Waals surface area contributed by atoms with Gasteiger partial charge in [-0.2, -0.15) is 0 Å². The van der Waals surface area contributed by atoms with Gasteiger partial charge < -0.3 is 11.1 Å². The van der Waals surface area contributed by atoms with Gasteiger partial charge in [-0.15, -0.1) is 0 Å². The number of nitrogens with two attached hydrogens (primary N) is 1. The first-order chi connectivity index (χ1) is 4.31. The van der Waals surface area contributed by atoms with Crippen LogP contribution in [0.2, 0.25) is 0 Å². The van der Waals surface area contributed by atoms with Crippen LogP contribution in [0, 0.1) is 0 Å². The van der Waals surface area contributed by atoms with Crippen LogP contribution in [-0.4, -0.2) is 12.7 Å². The van der Waals surface area contributed by atoms with E-state index in [1.54, 1.807) is 0 Å². The molecule has 0 aliphatic carbocycles. The first kappa shape index (κ1) is 10.2. The SMILES string of the molecule is N[C@H]1CCCN1.[Cl][Pt][Cl]. The molecule has 1 atom stereocenters. The Morgan fingerprint density at radius 2 is 2.11 bits per heavy atom. The van der Waals surface area contributed by atoms with Crippen molar-refractivity contribution in [3.05, 3.63) is 0 Å². The van der Waals surface area contributed by atoms with Crippen LogP contribution in [-0.2, 0) is 16.5 Å². The van der Waals surface area contributed by atoms with Gasteiger partial charge in [-0.25, -0.2) is 0 Å². The van der Waals surface area contributed by atoms with E-state index >= 15 is 0 Å². The summed E-state index contributed by atoms with van der Waals surface area (Å²) < 4.78 is 0. The molecule has 0 amide bonds. The van der Waals surface area contributed by atoms with Crippen molar-refractivity contribution in [3.8, 4) is 0 Å². The summed E-state index contributed by atoms with van der Waals surface area (Å²) >= 11 is -0.472. The minimum absolute atomic E-state index is 0.296. The number of hydrogen-bond acceptors (Lipinski definition) is 2. The second kappa shape index (κ2) is 7.30.